The first-order valence-corrected chi connectivity index (χ1v) is 9.90. The monoisotopic (exact) mass is 439 g/mol. The lowest BCUT2D eigenvalue weighted by Crippen LogP contribution is -2.36. The number of hydrogen-bond acceptors (Lipinski definition) is 9. The summed E-state index contributed by atoms with van der Waals surface area (Å²) in [5.74, 6) is -1.19. The normalized spacial score (nSPS) is 14.4. The molecule has 3 aromatic rings. The minimum absolute atomic E-state index is 0.0686. The summed E-state index contributed by atoms with van der Waals surface area (Å²) in [7, 11) is 0. The van der Waals surface area contributed by atoms with Gasteiger partial charge in [-0.25, -0.2) is 14.2 Å². The van der Waals surface area contributed by atoms with Gasteiger partial charge in [-0.3, -0.25) is 9.36 Å². The second kappa shape index (κ2) is 8.01. The molecule has 0 aromatic carbocycles. The van der Waals surface area contributed by atoms with E-state index in [1.165, 1.54) is 10.8 Å². The minimum Gasteiger partial charge on any atom is -0.462 e. The summed E-state index contributed by atoms with van der Waals surface area (Å²) in [6, 6.07) is 0.955. The van der Waals surface area contributed by atoms with Crippen LogP contribution in [0.15, 0.2) is 17.1 Å². The molecule has 0 aliphatic carbocycles. The standard InChI is InChI=1S/C17H15ClFN5O4S/c1-2-28-15(26)10-8-24(14-9(12(10)25)7-11(19)13(18)20-14)17-21-16(22-29-17)23-3-5-27-6-4-23/h7-8H,2-6H2,1H3. The Bertz CT molecular complexity index is 1140. The SMILES string of the molecule is CCOC(=O)c1cn(-c2nc(N3CCOCC3)ns2)c2nc(Cl)c(F)cc2c1=O. The van der Waals surface area contributed by atoms with E-state index in [0.29, 0.717) is 37.4 Å². The average Bonchev–Trinajstić information content (AvgIpc) is 3.21. The van der Waals surface area contributed by atoms with Crippen LogP contribution in [-0.4, -0.2) is 57.8 Å². The number of halogens is 2. The van der Waals surface area contributed by atoms with Crippen LogP contribution in [0, 0.1) is 5.82 Å². The third-order valence-electron chi connectivity index (χ3n) is 4.29. The Morgan fingerprint density at radius 3 is 2.86 bits per heavy atom. The van der Waals surface area contributed by atoms with E-state index in [2.05, 4.69) is 14.3 Å². The van der Waals surface area contributed by atoms with Crippen molar-refractivity contribution in [3.8, 4) is 5.13 Å². The third kappa shape index (κ3) is 3.68. The van der Waals surface area contributed by atoms with Gasteiger partial charge in [0.05, 0.1) is 25.2 Å². The van der Waals surface area contributed by atoms with E-state index in [1.54, 1.807) is 6.92 Å². The first kappa shape index (κ1) is 19.7. The van der Waals surface area contributed by atoms with Gasteiger partial charge in [0.25, 0.3) is 0 Å². The van der Waals surface area contributed by atoms with E-state index in [-0.39, 0.29) is 23.2 Å². The number of ether oxygens (including phenoxy) is 2. The second-order valence-corrected chi connectivity index (χ2v) is 7.16. The Morgan fingerprint density at radius 1 is 1.38 bits per heavy atom. The van der Waals surface area contributed by atoms with Gasteiger partial charge in [0.15, 0.2) is 16.6 Å². The molecule has 4 heterocycles. The maximum atomic E-state index is 14.0. The summed E-state index contributed by atoms with van der Waals surface area (Å²) >= 11 is 6.88. The zero-order chi connectivity index (χ0) is 20.5. The van der Waals surface area contributed by atoms with Crippen molar-refractivity contribution in [3.63, 3.8) is 0 Å². The fraction of sp³-hybridized carbons (Fsp3) is 0.353. The van der Waals surface area contributed by atoms with Gasteiger partial charge < -0.3 is 14.4 Å². The molecule has 1 fully saturated rings. The highest BCUT2D eigenvalue weighted by Gasteiger charge is 2.22. The quantitative estimate of drug-likeness (QED) is 0.450. The molecule has 1 saturated heterocycles. The van der Waals surface area contributed by atoms with Gasteiger partial charge in [-0.1, -0.05) is 11.6 Å². The van der Waals surface area contributed by atoms with Crippen LogP contribution in [0.1, 0.15) is 17.3 Å². The molecular weight excluding hydrogens is 425 g/mol. The molecule has 0 amide bonds. The summed E-state index contributed by atoms with van der Waals surface area (Å²) < 4.78 is 30.0. The fourth-order valence-corrected chi connectivity index (χ4v) is 3.70. The van der Waals surface area contributed by atoms with Crippen molar-refractivity contribution < 1.29 is 18.7 Å². The van der Waals surface area contributed by atoms with Crippen LogP contribution >= 0.6 is 23.1 Å². The number of hydrogen-bond donors (Lipinski definition) is 0. The number of carbonyl (C=O) groups is 1. The van der Waals surface area contributed by atoms with Crippen LogP contribution in [0.5, 0.6) is 0 Å². The van der Waals surface area contributed by atoms with Crippen LogP contribution in [-0.2, 0) is 9.47 Å². The largest absolute Gasteiger partial charge is 0.462 e. The number of aromatic nitrogens is 4. The van der Waals surface area contributed by atoms with Crippen LogP contribution < -0.4 is 10.3 Å². The molecule has 1 aliphatic rings. The van der Waals surface area contributed by atoms with E-state index in [1.807, 2.05) is 4.90 Å². The topological polar surface area (TPSA) is 99.4 Å². The van der Waals surface area contributed by atoms with Crippen LogP contribution in [0.3, 0.4) is 0 Å². The maximum Gasteiger partial charge on any atom is 0.343 e. The Labute approximate surface area is 172 Å². The molecule has 0 saturated carbocycles. The van der Waals surface area contributed by atoms with Gasteiger partial charge in [0.2, 0.25) is 16.5 Å². The minimum atomic E-state index is -0.866. The zero-order valence-corrected chi connectivity index (χ0v) is 16.8. The number of morpholine rings is 1. The highest BCUT2D eigenvalue weighted by molar-refractivity contribution is 7.08. The number of rotatable bonds is 4. The summed E-state index contributed by atoms with van der Waals surface area (Å²) in [4.78, 5) is 35.4. The number of carbonyl (C=O) groups excluding carboxylic acids is 1. The summed E-state index contributed by atoms with van der Waals surface area (Å²) in [5, 5.41) is -0.162. The van der Waals surface area contributed by atoms with Gasteiger partial charge in [-0.2, -0.15) is 9.36 Å². The first-order valence-electron chi connectivity index (χ1n) is 8.75. The highest BCUT2D eigenvalue weighted by atomic mass is 35.5. The van der Waals surface area contributed by atoms with Gasteiger partial charge in [-0.05, 0) is 13.0 Å². The van der Waals surface area contributed by atoms with Crippen molar-refractivity contribution in [3.05, 3.63) is 39.0 Å². The number of nitrogens with zero attached hydrogens (tertiary/aromatic N) is 5. The molecule has 152 valence electrons. The smallest absolute Gasteiger partial charge is 0.343 e. The van der Waals surface area contributed by atoms with Crippen LogP contribution in [0.2, 0.25) is 5.15 Å². The van der Waals surface area contributed by atoms with E-state index in [9.17, 15) is 14.0 Å². The Balaban J connectivity index is 1.89. The van der Waals surface area contributed by atoms with Crippen LogP contribution in [0.4, 0.5) is 10.3 Å². The number of fused-ring (bicyclic) bond motifs is 1. The first-order chi connectivity index (χ1) is 14.0. The Kier molecular flexibility index (Phi) is 5.43. The molecule has 4 rings (SSSR count). The molecule has 0 unspecified atom stereocenters. The van der Waals surface area contributed by atoms with Crippen molar-refractivity contribution >= 4 is 46.1 Å². The molecule has 3 aromatic heterocycles. The zero-order valence-electron chi connectivity index (χ0n) is 15.2. The summed E-state index contributed by atoms with van der Waals surface area (Å²) in [6.45, 7) is 4.13. The molecule has 0 radical (unpaired) electrons. The number of esters is 1. The van der Waals surface area contributed by atoms with E-state index >= 15 is 0 Å². The summed E-state index contributed by atoms with van der Waals surface area (Å²) in [6.07, 6.45) is 1.27. The fourth-order valence-electron chi connectivity index (χ4n) is 2.90. The van der Waals surface area contributed by atoms with Crippen LogP contribution in [0.25, 0.3) is 16.2 Å². The maximum absolute atomic E-state index is 14.0. The molecule has 12 heteroatoms. The molecule has 29 heavy (non-hydrogen) atoms. The lowest BCUT2D eigenvalue weighted by molar-refractivity contribution is 0.0524. The van der Waals surface area contributed by atoms with Gasteiger partial charge >= 0.3 is 5.97 Å². The van der Waals surface area contributed by atoms with Crippen molar-refractivity contribution in [2.24, 2.45) is 0 Å². The second-order valence-electron chi connectivity index (χ2n) is 6.07. The lowest BCUT2D eigenvalue weighted by atomic mass is 10.2. The Morgan fingerprint density at radius 2 is 2.14 bits per heavy atom. The van der Waals surface area contributed by atoms with Gasteiger partial charge in [0, 0.05) is 30.8 Å². The molecule has 0 bridgehead atoms. The molecule has 0 atom stereocenters. The Hall–Kier alpha value is -2.63. The number of anilines is 1. The number of pyridine rings is 2. The van der Waals surface area contributed by atoms with Gasteiger partial charge in [0.1, 0.15) is 5.56 Å². The van der Waals surface area contributed by atoms with Crippen molar-refractivity contribution in [2.45, 2.75) is 6.92 Å². The van der Waals surface area contributed by atoms with E-state index in [0.717, 1.165) is 17.6 Å². The van der Waals surface area contributed by atoms with Crippen molar-refractivity contribution in [1.82, 2.24) is 18.9 Å². The molecule has 0 N–H and O–H groups in total. The van der Waals surface area contributed by atoms with Crippen molar-refractivity contribution in [1.29, 1.82) is 0 Å². The highest BCUT2D eigenvalue weighted by Crippen LogP contribution is 2.24. The third-order valence-corrected chi connectivity index (χ3v) is 5.26. The predicted molar refractivity (Wildman–Crippen MR) is 105 cm³/mol. The molecule has 0 spiro atoms. The van der Waals surface area contributed by atoms with Gasteiger partial charge in [-0.15, -0.1) is 0 Å². The molecular formula is C17H15ClFN5O4S. The molecule has 1 aliphatic heterocycles. The van der Waals surface area contributed by atoms with E-state index < -0.39 is 22.4 Å². The van der Waals surface area contributed by atoms with E-state index in [4.69, 9.17) is 21.1 Å². The van der Waals surface area contributed by atoms with Crippen molar-refractivity contribution in [2.75, 3.05) is 37.8 Å². The predicted octanol–water partition coefficient (Wildman–Crippen LogP) is 2.04. The molecule has 9 nitrogen and oxygen atoms in total. The lowest BCUT2D eigenvalue weighted by Gasteiger charge is -2.25. The summed E-state index contributed by atoms with van der Waals surface area (Å²) in [5.41, 5.74) is -0.888. The average molecular weight is 440 g/mol.